The van der Waals surface area contributed by atoms with E-state index in [4.69, 9.17) is 9.15 Å². The smallest absolute Gasteiger partial charge is 0.148 e. The lowest BCUT2D eigenvalue weighted by atomic mass is 10.1. The molecule has 1 unspecified atom stereocenters. The molecule has 1 aromatic carbocycles. The Morgan fingerprint density at radius 1 is 1.47 bits per heavy atom. The number of fused-ring (bicyclic) bond motifs is 1. The standard InChI is InChI=1S/C13H15BrO3/c1-16-7-3-6-11(15)12-8-9-4-2-5-10(14)13(9)17-12/h2,4-5,8,11,15H,3,6-7H2,1H3. The van der Waals surface area contributed by atoms with E-state index in [1.54, 1.807) is 7.11 Å². The summed E-state index contributed by atoms with van der Waals surface area (Å²) in [5.74, 6) is 0.614. The van der Waals surface area contributed by atoms with Crippen LogP contribution in [0.25, 0.3) is 11.0 Å². The predicted molar refractivity (Wildman–Crippen MR) is 70.0 cm³/mol. The van der Waals surface area contributed by atoms with E-state index in [1.807, 2.05) is 24.3 Å². The molecule has 0 radical (unpaired) electrons. The summed E-state index contributed by atoms with van der Waals surface area (Å²) >= 11 is 3.43. The molecule has 92 valence electrons. The first-order valence-electron chi connectivity index (χ1n) is 5.57. The van der Waals surface area contributed by atoms with Gasteiger partial charge in [0.15, 0.2) is 0 Å². The first kappa shape index (κ1) is 12.6. The Balaban J connectivity index is 2.16. The Bertz CT molecular complexity index is 492. The van der Waals surface area contributed by atoms with Crippen molar-refractivity contribution in [2.45, 2.75) is 18.9 Å². The summed E-state index contributed by atoms with van der Waals surface area (Å²) in [6, 6.07) is 7.72. The number of furan rings is 1. The molecule has 0 fully saturated rings. The Morgan fingerprint density at radius 2 is 2.29 bits per heavy atom. The monoisotopic (exact) mass is 298 g/mol. The number of para-hydroxylation sites is 1. The van der Waals surface area contributed by atoms with E-state index in [2.05, 4.69) is 15.9 Å². The van der Waals surface area contributed by atoms with Gasteiger partial charge in [0.25, 0.3) is 0 Å². The van der Waals surface area contributed by atoms with Crippen LogP contribution in [0.15, 0.2) is 33.2 Å². The second-order valence-electron chi connectivity index (χ2n) is 3.96. The van der Waals surface area contributed by atoms with Crippen LogP contribution in [0.5, 0.6) is 0 Å². The van der Waals surface area contributed by atoms with Crippen LogP contribution in [-0.4, -0.2) is 18.8 Å². The van der Waals surface area contributed by atoms with Gasteiger partial charge < -0.3 is 14.3 Å². The van der Waals surface area contributed by atoms with Gasteiger partial charge in [0, 0.05) is 19.1 Å². The molecule has 3 nitrogen and oxygen atoms in total. The second kappa shape index (κ2) is 5.67. The highest BCUT2D eigenvalue weighted by atomic mass is 79.9. The van der Waals surface area contributed by atoms with Crippen LogP contribution in [0.4, 0.5) is 0 Å². The first-order chi connectivity index (χ1) is 8.22. The Labute approximate surface area is 109 Å². The van der Waals surface area contributed by atoms with Crippen molar-refractivity contribution in [2.75, 3.05) is 13.7 Å². The summed E-state index contributed by atoms with van der Waals surface area (Å²) < 4.78 is 11.5. The fourth-order valence-corrected chi connectivity index (χ4v) is 2.24. The Kier molecular flexibility index (Phi) is 4.20. The van der Waals surface area contributed by atoms with Crippen molar-refractivity contribution in [1.29, 1.82) is 0 Å². The van der Waals surface area contributed by atoms with Crippen LogP contribution in [0.2, 0.25) is 0 Å². The van der Waals surface area contributed by atoms with E-state index < -0.39 is 6.10 Å². The lowest BCUT2D eigenvalue weighted by molar-refractivity contribution is 0.120. The average Bonchev–Trinajstić information content (AvgIpc) is 2.75. The molecule has 0 aliphatic heterocycles. The minimum Gasteiger partial charge on any atom is -0.457 e. The van der Waals surface area contributed by atoms with Gasteiger partial charge in [-0.2, -0.15) is 0 Å². The summed E-state index contributed by atoms with van der Waals surface area (Å²) in [5, 5.41) is 11.0. The molecule has 1 atom stereocenters. The highest BCUT2D eigenvalue weighted by Gasteiger charge is 2.14. The normalized spacial score (nSPS) is 13.1. The maximum atomic E-state index is 9.97. The number of benzene rings is 1. The SMILES string of the molecule is COCCCC(O)c1cc2cccc(Br)c2o1. The minimum absolute atomic E-state index is 0.565. The van der Waals surface area contributed by atoms with Crippen LogP contribution in [0.1, 0.15) is 24.7 Å². The number of methoxy groups -OCH3 is 1. The highest BCUT2D eigenvalue weighted by Crippen LogP contribution is 2.30. The fraction of sp³-hybridized carbons (Fsp3) is 0.385. The van der Waals surface area contributed by atoms with Crippen molar-refractivity contribution in [3.05, 3.63) is 34.5 Å². The molecular formula is C13H15BrO3. The molecule has 4 heteroatoms. The van der Waals surface area contributed by atoms with Crippen LogP contribution < -0.4 is 0 Å². The van der Waals surface area contributed by atoms with E-state index in [1.165, 1.54) is 0 Å². The van der Waals surface area contributed by atoms with Gasteiger partial charge in [-0.3, -0.25) is 0 Å². The Hall–Kier alpha value is -0.840. The predicted octanol–water partition coefficient (Wildman–Crippen LogP) is 3.66. The van der Waals surface area contributed by atoms with E-state index in [9.17, 15) is 5.11 Å². The molecular weight excluding hydrogens is 284 g/mol. The molecule has 0 saturated heterocycles. The molecule has 0 spiro atoms. The van der Waals surface area contributed by atoms with Crippen molar-refractivity contribution < 1.29 is 14.3 Å². The molecule has 1 N–H and O–H groups in total. The Morgan fingerprint density at radius 3 is 3.00 bits per heavy atom. The van der Waals surface area contributed by atoms with E-state index in [0.717, 1.165) is 21.9 Å². The van der Waals surface area contributed by atoms with Gasteiger partial charge in [0.1, 0.15) is 17.4 Å². The minimum atomic E-state index is -0.565. The van der Waals surface area contributed by atoms with Gasteiger partial charge in [0.05, 0.1) is 4.47 Å². The van der Waals surface area contributed by atoms with Gasteiger partial charge in [-0.25, -0.2) is 0 Å². The first-order valence-corrected chi connectivity index (χ1v) is 6.36. The van der Waals surface area contributed by atoms with Gasteiger partial charge in [-0.1, -0.05) is 12.1 Å². The summed E-state index contributed by atoms with van der Waals surface area (Å²) in [7, 11) is 1.66. The molecule has 1 heterocycles. The second-order valence-corrected chi connectivity index (χ2v) is 4.81. The highest BCUT2D eigenvalue weighted by molar-refractivity contribution is 9.10. The van der Waals surface area contributed by atoms with Crippen LogP contribution in [0.3, 0.4) is 0 Å². The zero-order valence-electron chi connectivity index (χ0n) is 9.65. The lowest BCUT2D eigenvalue weighted by Gasteiger charge is -2.06. The molecule has 0 bridgehead atoms. The van der Waals surface area contributed by atoms with Crippen LogP contribution in [0, 0.1) is 0 Å². The third-order valence-electron chi connectivity index (χ3n) is 2.67. The van der Waals surface area contributed by atoms with E-state index >= 15 is 0 Å². The number of rotatable bonds is 5. The van der Waals surface area contributed by atoms with Crippen molar-refractivity contribution in [3.8, 4) is 0 Å². The van der Waals surface area contributed by atoms with E-state index in [0.29, 0.717) is 18.8 Å². The largest absolute Gasteiger partial charge is 0.457 e. The molecule has 0 amide bonds. The van der Waals surface area contributed by atoms with Gasteiger partial charge in [-0.15, -0.1) is 0 Å². The quantitative estimate of drug-likeness (QED) is 0.857. The van der Waals surface area contributed by atoms with Crippen molar-refractivity contribution >= 4 is 26.9 Å². The maximum Gasteiger partial charge on any atom is 0.148 e. The molecule has 0 saturated carbocycles. The molecule has 1 aromatic heterocycles. The van der Waals surface area contributed by atoms with Gasteiger partial charge in [-0.05, 0) is 40.9 Å². The van der Waals surface area contributed by atoms with Crippen LogP contribution >= 0.6 is 15.9 Å². The number of hydrogen-bond acceptors (Lipinski definition) is 3. The fourth-order valence-electron chi connectivity index (χ4n) is 1.77. The van der Waals surface area contributed by atoms with Crippen molar-refractivity contribution in [1.82, 2.24) is 0 Å². The molecule has 2 rings (SSSR count). The number of aliphatic hydroxyl groups is 1. The topological polar surface area (TPSA) is 42.6 Å². The molecule has 17 heavy (non-hydrogen) atoms. The number of hydrogen-bond donors (Lipinski definition) is 1. The maximum absolute atomic E-state index is 9.97. The zero-order valence-corrected chi connectivity index (χ0v) is 11.2. The average molecular weight is 299 g/mol. The zero-order chi connectivity index (χ0) is 12.3. The number of halogens is 1. The van der Waals surface area contributed by atoms with E-state index in [-0.39, 0.29) is 0 Å². The third-order valence-corrected chi connectivity index (χ3v) is 3.29. The molecule has 2 aromatic rings. The summed E-state index contributed by atoms with van der Waals surface area (Å²) in [6.45, 7) is 0.654. The number of ether oxygens (including phenoxy) is 1. The number of aliphatic hydroxyl groups excluding tert-OH is 1. The van der Waals surface area contributed by atoms with Crippen LogP contribution in [-0.2, 0) is 4.74 Å². The lowest BCUT2D eigenvalue weighted by Crippen LogP contribution is -1.98. The summed E-state index contributed by atoms with van der Waals surface area (Å²) in [6.07, 6.45) is 0.894. The van der Waals surface area contributed by atoms with Crippen molar-refractivity contribution in [2.24, 2.45) is 0 Å². The summed E-state index contributed by atoms with van der Waals surface area (Å²) in [5.41, 5.74) is 0.785. The molecule has 0 aliphatic rings. The molecule has 0 aliphatic carbocycles. The van der Waals surface area contributed by atoms with Crippen molar-refractivity contribution in [3.63, 3.8) is 0 Å². The summed E-state index contributed by atoms with van der Waals surface area (Å²) in [4.78, 5) is 0. The van der Waals surface area contributed by atoms with Gasteiger partial charge >= 0.3 is 0 Å². The third kappa shape index (κ3) is 2.89. The van der Waals surface area contributed by atoms with Gasteiger partial charge in [0.2, 0.25) is 0 Å².